The predicted octanol–water partition coefficient (Wildman–Crippen LogP) is 2.26. The van der Waals surface area contributed by atoms with E-state index < -0.39 is 30.4 Å². The zero-order chi connectivity index (χ0) is 24.1. The maximum absolute atomic E-state index is 13.0. The van der Waals surface area contributed by atoms with Crippen molar-refractivity contribution in [2.45, 2.75) is 6.42 Å². The number of methoxy groups -OCH3 is 1. The first-order valence-electron chi connectivity index (χ1n) is 9.62. The Morgan fingerprint density at radius 3 is 2.48 bits per heavy atom. The first kappa shape index (κ1) is 23.1. The van der Waals surface area contributed by atoms with Crippen LogP contribution >= 0.6 is 0 Å². The molecule has 3 rings (SSSR count). The molecule has 0 spiro atoms. The van der Waals surface area contributed by atoms with Crippen molar-refractivity contribution in [2.75, 3.05) is 18.6 Å². The number of allylic oxidation sites excluding steroid dienone is 1. The number of aromatic hydroxyl groups is 1. The normalized spacial score (nSPS) is 14.8. The summed E-state index contributed by atoms with van der Waals surface area (Å²) in [7, 11) is 1.36. The van der Waals surface area contributed by atoms with Gasteiger partial charge in [-0.2, -0.15) is 0 Å². The Kier molecular flexibility index (Phi) is 6.77. The van der Waals surface area contributed by atoms with E-state index in [1.807, 2.05) is 0 Å². The minimum Gasteiger partial charge on any atom is -0.508 e. The lowest BCUT2D eigenvalue weighted by Gasteiger charge is -2.26. The van der Waals surface area contributed by atoms with E-state index in [1.165, 1.54) is 43.5 Å². The number of carbonyl (C=O) groups is 4. The van der Waals surface area contributed by atoms with Gasteiger partial charge in [0.15, 0.2) is 18.1 Å². The maximum atomic E-state index is 13.0. The van der Waals surface area contributed by atoms with Crippen LogP contribution in [0.4, 0.5) is 10.5 Å². The van der Waals surface area contributed by atoms with E-state index in [4.69, 9.17) is 14.6 Å². The minimum absolute atomic E-state index is 0.0532. The average Bonchev–Trinajstić information content (AvgIpc) is 2.76. The summed E-state index contributed by atoms with van der Waals surface area (Å²) in [5, 5.41) is 20.5. The molecule has 2 aromatic carbocycles. The van der Waals surface area contributed by atoms with E-state index in [-0.39, 0.29) is 28.5 Å². The van der Waals surface area contributed by atoms with Crippen LogP contribution in [0.3, 0.4) is 0 Å². The molecule has 1 fully saturated rings. The minimum atomic E-state index is -1.17. The fourth-order valence-corrected chi connectivity index (χ4v) is 3.18. The van der Waals surface area contributed by atoms with E-state index in [0.29, 0.717) is 17.5 Å². The van der Waals surface area contributed by atoms with Crippen molar-refractivity contribution in [1.82, 2.24) is 5.32 Å². The predicted molar refractivity (Wildman–Crippen MR) is 117 cm³/mol. The number of ether oxygens (including phenoxy) is 2. The monoisotopic (exact) mass is 452 g/mol. The number of nitrogens with zero attached hydrogens (tertiary/aromatic N) is 1. The molecule has 0 unspecified atom stereocenters. The van der Waals surface area contributed by atoms with Crippen LogP contribution in [0, 0.1) is 0 Å². The van der Waals surface area contributed by atoms with Gasteiger partial charge in [-0.05, 0) is 54.5 Å². The van der Waals surface area contributed by atoms with Crippen LogP contribution < -0.4 is 19.7 Å². The lowest BCUT2D eigenvalue weighted by molar-refractivity contribution is -0.139. The zero-order valence-electron chi connectivity index (χ0n) is 17.5. The summed E-state index contributed by atoms with van der Waals surface area (Å²) in [6, 6.07) is 7.47. The molecule has 0 atom stereocenters. The standard InChI is InChI=1S/C23H20N2O8/c1-3-4-14-9-13(11-18(32-2)20(14)33-12-19(27)28)10-17-21(29)24-23(31)25(22(17)30)15-5-7-16(26)8-6-15/h3,5-11,26H,1,4,12H2,2H3,(H,27,28)(H,24,29,31)/b17-10+. The molecule has 10 nitrogen and oxygen atoms in total. The number of urea groups is 1. The van der Waals surface area contributed by atoms with Gasteiger partial charge in [-0.3, -0.25) is 14.9 Å². The van der Waals surface area contributed by atoms with E-state index in [2.05, 4.69) is 11.9 Å². The topological polar surface area (TPSA) is 142 Å². The fourth-order valence-electron chi connectivity index (χ4n) is 3.18. The number of imide groups is 2. The Balaban J connectivity index is 2.04. The summed E-state index contributed by atoms with van der Waals surface area (Å²) in [4.78, 5) is 49.4. The molecule has 2 aromatic rings. The van der Waals surface area contributed by atoms with Crippen molar-refractivity contribution in [2.24, 2.45) is 0 Å². The van der Waals surface area contributed by atoms with Crippen LogP contribution in [0.15, 0.2) is 54.6 Å². The first-order valence-corrected chi connectivity index (χ1v) is 9.62. The van der Waals surface area contributed by atoms with Crippen LogP contribution in [0.25, 0.3) is 6.08 Å². The number of carboxylic acid groups (broad SMARTS) is 1. The number of barbiturate groups is 1. The number of amides is 4. The molecule has 4 amide bonds. The summed E-state index contributed by atoms with van der Waals surface area (Å²) in [6.07, 6.45) is 3.15. The van der Waals surface area contributed by atoms with Gasteiger partial charge in [0.05, 0.1) is 12.8 Å². The van der Waals surface area contributed by atoms with Gasteiger partial charge in [-0.25, -0.2) is 14.5 Å². The first-order chi connectivity index (χ1) is 15.7. The molecule has 0 aliphatic carbocycles. The largest absolute Gasteiger partial charge is 0.508 e. The number of nitrogens with one attached hydrogen (secondary N) is 1. The van der Waals surface area contributed by atoms with Crippen molar-refractivity contribution in [3.8, 4) is 17.2 Å². The second-order valence-electron chi connectivity index (χ2n) is 6.86. The number of aliphatic carboxylic acids is 1. The Morgan fingerprint density at radius 2 is 1.88 bits per heavy atom. The number of rotatable bonds is 8. The number of carbonyl (C=O) groups excluding carboxylic acids is 3. The Bertz CT molecular complexity index is 1170. The number of hydrogen-bond acceptors (Lipinski definition) is 7. The highest BCUT2D eigenvalue weighted by Crippen LogP contribution is 2.35. The van der Waals surface area contributed by atoms with Crippen molar-refractivity contribution >= 4 is 35.6 Å². The van der Waals surface area contributed by atoms with Gasteiger partial charge < -0.3 is 19.7 Å². The molecular formula is C23H20N2O8. The number of carboxylic acids is 1. The van der Waals surface area contributed by atoms with E-state index in [9.17, 15) is 24.3 Å². The molecule has 0 bridgehead atoms. The number of phenolic OH excluding ortho intramolecular Hbond substituents is 1. The highest BCUT2D eigenvalue weighted by atomic mass is 16.5. The third kappa shape index (κ3) is 5.01. The molecule has 1 saturated heterocycles. The van der Waals surface area contributed by atoms with Crippen molar-refractivity contribution in [3.63, 3.8) is 0 Å². The fraction of sp³-hybridized carbons (Fsp3) is 0.130. The molecule has 1 aliphatic heterocycles. The SMILES string of the molecule is C=CCc1cc(/C=C2\C(=O)NC(=O)N(c3ccc(O)cc3)C2=O)cc(OC)c1OCC(=O)O. The van der Waals surface area contributed by atoms with Crippen LogP contribution in [0.5, 0.6) is 17.2 Å². The van der Waals surface area contributed by atoms with Gasteiger partial charge in [0, 0.05) is 5.56 Å². The smallest absolute Gasteiger partial charge is 0.341 e. The van der Waals surface area contributed by atoms with Crippen LogP contribution in [-0.2, 0) is 20.8 Å². The highest BCUT2D eigenvalue weighted by Gasteiger charge is 2.36. The second kappa shape index (κ2) is 9.69. The van der Waals surface area contributed by atoms with E-state index in [0.717, 1.165) is 4.90 Å². The third-order valence-electron chi connectivity index (χ3n) is 4.60. The summed E-state index contributed by atoms with van der Waals surface area (Å²) in [6.45, 7) is 3.08. The summed E-state index contributed by atoms with van der Waals surface area (Å²) < 4.78 is 10.7. The molecule has 0 aromatic heterocycles. The van der Waals surface area contributed by atoms with Crippen LogP contribution in [0.2, 0.25) is 0 Å². The molecule has 170 valence electrons. The van der Waals surface area contributed by atoms with Crippen molar-refractivity contribution in [3.05, 3.63) is 65.8 Å². The Morgan fingerprint density at radius 1 is 1.18 bits per heavy atom. The Hall–Kier alpha value is -4.60. The molecule has 3 N–H and O–H groups in total. The summed E-state index contributed by atoms with van der Waals surface area (Å²) in [5.41, 5.74) is 0.752. The number of hydrogen-bond donors (Lipinski definition) is 3. The molecule has 10 heteroatoms. The molecule has 1 aliphatic rings. The second-order valence-corrected chi connectivity index (χ2v) is 6.86. The lowest BCUT2D eigenvalue weighted by Crippen LogP contribution is -2.54. The van der Waals surface area contributed by atoms with Gasteiger partial charge in [-0.15, -0.1) is 6.58 Å². The highest BCUT2D eigenvalue weighted by molar-refractivity contribution is 6.39. The Labute approximate surface area is 188 Å². The summed E-state index contributed by atoms with van der Waals surface area (Å²) in [5.74, 6) is -2.57. The lowest BCUT2D eigenvalue weighted by atomic mass is 10.0. The third-order valence-corrected chi connectivity index (χ3v) is 4.60. The van der Waals surface area contributed by atoms with Gasteiger partial charge in [0.2, 0.25) is 0 Å². The molecule has 0 radical (unpaired) electrons. The molecular weight excluding hydrogens is 432 g/mol. The number of anilines is 1. The quantitative estimate of drug-likeness (QED) is 0.314. The summed E-state index contributed by atoms with van der Waals surface area (Å²) >= 11 is 0. The van der Waals surface area contributed by atoms with Gasteiger partial charge in [-0.1, -0.05) is 6.08 Å². The van der Waals surface area contributed by atoms with Crippen molar-refractivity contribution < 1.29 is 38.9 Å². The number of benzene rings is 2. The molecule has 0 saturated carbocycles. The molecule has 1 heterocycles. The zero-order valence-corrected chi connectivity index (χ0v) is 17.5. The van der Waals surface area contributed by atoms with E-state index >= 15 is 0 Å². The van der Waals surface area contributed by atoms with Crippen LogP contribution in [-0.4, -0.2) is 47.7 Å². The van der Waals surface area contributed by atoms with Gasteiger partial charge in [0.25, 0.3) is 11.8 Å². The average molecular weight is 452 g/mol. The maximum Gasteiger partial charge on any atom is 0.341 e. The van der Waals surface area contributed by atoms with Gasteiger partial charge in [0.1, 0.15) is 11.3 Å². The van der Waals surface area contributed by atoms with E-state index in [1.54, 1.807) is 12.1 Å². The van der Waals surface area contributed by atoms with Crippen molar-refractivity contribution in [1.29, 1.82) is 0 Å². The number of phenols is 1. The molecule has 33 heavy (non-hydrogen) atoms. The van der Waals surface area contributed by atoms with Crippen LogP contribution in [0.1, 0.15) is 11.1 Å². The van der Waals surface area contributed by atoms with Gasteiger partial charge >= 0.3 is 12.0 Å².